The molecule has 9 heteroatoms. The average molecular weight is 499 g/mol. The number of anilines is 1. The van der Waals surface area contributed by atoms with Crippen LogP contribution in [0.3, 0.4) is 0 Å². The standard InChI is InChI=1S/C28H30N6O3/c1-3-25(35)31-21-5-4-6-22(15-21)37-28-23-16-24(33-26(23)29-17-30-28)18-7-9-20(10-8-18)32-27(36)19-11-13-34(2)14-12-19/h3-7,9-10,15-17,19,26,33H,1,8,11-14H2,2H3,(H,31,35)(H,32,36). The van der Waals surface area contributed by atoms with Crippen molar-refractivity contribution in [1.29, 1.82) is 0 Å². The number of nitrogens with one attached hydrogen (secondary N) is 3. The van der Waals surface area contributed by atoms with Gasteiger partial charge in [0, 0.05) is 29.1 Å². The molecule has 1 saturated heterocycles. The predicted molar refractivity (Wildman–Crippen MR) is 144 cm³/mol. The lowest BCUT2D eigenvalue weighted by Crippen LogP contribution is -2.38. The quantitative estimate of drug-likeness (QED) is 0.541. The van der Waals surface area contributed by atoms with E-state index in [0.717, 1.165) is 48.5 Å². The summed E-state index contributed by atoms with van der Waals surface area (Å²) < 4.78 is 6.06. The van der Waals surface area contributed by atoms with Gasteiger partial charge in [-0.25, -0.2) is 9.98 Å². The van der Waals surface area contributed by atoms with Gasteiger partial charge in [-0.2, -0.15) is 0 Å². The smallest absolute Gasteiger partial charge is 0.247 e. The summed E-state index contributed by atoms with van der Waals surface area (Å²) in [6.07, 6.45) is 12.9. The molecule has 0 saturated carbocycles. The summed E-state index contributed by atoms with van der Waals surface area (Å²) in [5, 5.41) is 9.23. The minimum Gasteiger partial charge on any atom is -0.438 e. The van der Waals surface area contributed by atoms with Crippen LogP contribution in [0, 0.1) is 5.92 Å². The molecule has 0 bridgehead atoms. The van der Waals surface area contributed by atoms with Crippen LogP contribution in [0.4, 0.5) is 5.69 Å². The van der Waals surface area contributed by atoms with Crippen molar-refractivity contribution >= 4 is 29.7 Å². The third kappa shape index (κ3) is 5.78. The highest BCUT2D eigenvalue weighted by molar-refractivity contribution is 6.03. The SMILES string of the molecule is C=CC(=O)Nc1cccc(OC2=NC=NC3NC(=C4C=CC(NC(=O)C5CCN(C)CC5)=CC4)C=C23)c1. The van der Waals surface area contributed by atoms with Crippen molar-refractivity contribution < 1.29 is 14.3 Å². The second kappa shape index (κ2) is 10.8. The number of nitrogens with zero attached hydrogens (tertiary/aromatic N) is 3. The molecule has 1 aliphatic carbocycles. The summed E-state index contributed by atoms with van der Waals surface area (Å²) in [5.74, 6) is 0.869. The molecule has 2 amide bonds. The van der Waals surface area contributed by atoms with E-state index in [9.17, 15) is 9.59 Å². The number of ether oxygens (including phenoxy) is 1. The number of benzene rings is 1. The van der Waals surface area contributed by atoms with Crippen LogP contribution >= 0.6 is 0 Å². The maximum Gasteiger partial charge on any atom is 0.247 e. The molecule has 0 aromatic heterocycles. The zero-order valence-electron chi connectivity index (χ0n) is 20.7. The molecule has 9 nitrogen and oxygen atoms in total. The van der Waals surface area contributed by atoms with E-state index in [0.29, 0.717) is 23.8 Å². The summed E-state index contributed by atoms with van der Waals surface area (Å²) >= 11 is 0. The highest BCUT2D eigenvalue weighted by atomic mass is 16.5. The Morgan fingerprint density at radius 3 is 2.81 bits per heavy atom. The fourth-order valence-corrected chi connectivity index (χ4v) is 4.59. The summed E-state index contributed by atoms with van der Waals surface area (Å²) in [6, 6.07) is 7.09. The van der Waals surface area contributed by atoms with Gasteiger partial charge in [-0.3, -0.25) is 9.59 Å². The van der Waals surface area contributed by atoms with E-state index < -0.39 is 0 Å². The molecule has 37 heavy (non-hydrogen) atoms. The molecule has 190 valence electrons. The largest absolute Gasteiger partial charge is 0.438 e. The van der Waals surface area contributed by atoms with E-state index in [2.05, 4.69) is 44.5 Å². The van der Waals surface area contributed by atoms with Crippen molar-refractivity contribution in [1.82, 2.24) is 15.5 Å². The molecule has 3 heterocycles. The summed E-state index contributed by atoms with van der Waals surface area (Å²) in [5.41, 5.74) is 4.29. The lowest BCUT2D eigenvalue weighted by molar-refractivity contribution is -0.125. The van der Waals surface area contributed by atoms with E-state index in [-0.39, 0.29) is 23.9 Å². The van der Waals surface area contributed by atoms with Gasteiger partial charge in [-0.1, -0.05) is 24.8 Å². The number of carbonyl (C=O) groups is 2. The molecule has 1 unspecified atom stereocenters. The Balaban J connectivity index is 1.24. The molecule has 5 rings (SSSR count). The highest BCUT2D eigenvalue weighted by Crippen LogP contribution is 2.28. The average Bonchev–Trinajstić information content (AvgIpc) is 3.35. The topological polar surface area (TPSA) is 107 Å². The Bertz CT molecular complexity index is 1290. The minimum absolute atomic E-state index is 0.0733. The van der Waals surface area contributed by atoms with Gasteiger partial charge >= 0.3 is 0 Å². The molecule has 1 aromatic rings. The molecular weight excluding hydrogens is 468 g/mol. The Morgan fingerprint density at radius 1 is 1.22 bits per heavy atom. The molecule has 0 spiro atoms. The van der Waals surface area contributed by atoms with Crippen LogP contribution in [0.25, 0.3) is 0 Å². The van der Waals surface area contributed by atoms with Crippen LogP contribution in [0.1, 0.15) is 19.3 Å². The maximum absolute atomic E-state index is 12.7. The Labute approximate surface area is 216 Å². The number of rotatable bonds is 5. The Kier molecular flexibility index (Phi) is 7.14. The van der Waals surface area contributed by atoms with Crippen LogP contribution in [0.5, 0.6) is 5.75 Å². The van der Waals surface area contributed by atoms with Crippen molar-refractivity contribution in [2.45, 2.75) is 25.4 Å². The minimum atomic E-state index is -0.294. The molecular formula is C28H30N6O3. The fraction of sp³-hybridized carbons (Fsp3) is 0.286. The second-order valence-electron chi connectivity index (χ2n) is 9.37. The third-order valence-corrected chi connectivity index (χ3v) is 6.73. The molecule has 0 radical (unpaired) electrons. The van der Waals surface area contributed by atoms with Crippen LogP contribution in [-0.4, -0.2) is 55.3 Å². The maximum atomic E-state index is 12.7. The number of carbonyl (C=O) groups excluding carboxylic acids is 2. The number of aliphatic imine (C=N–C) groups is 2. The van der Waals surface area contributed by atoms with Crippen LogP contribution in [0.2, 0.25) is 0 Å². The number of hydrogen-bond acceptors (Lipinski definition) is 7. The third-order valence-electron chi connectivity index (χ3n) is 6.73. The molecule has 1 aromatic carbocycles. The van der Waals surface area contributed by atoms with E-state index in [1.54, 1.807) is 24.3 Å². The number of fused-ring (bicyclic) bond motifs is 1. The van der Waals surface area contributed by atoms with Gasteiger partial charge < -0.3 is 25.6 Å². The van der Waals surface area contributed by atoms with Gasteiger partial charge in [0.2, 0.25) is 17.7 Å². The van der Waals surface area contributed by atoms with Crippen molar-refractivity contribution in [3.05, 3.63) is 83.8 Å². The first-order chi connectivity index (χ1) is 18.0. The molecule has 1 fully saturated rings. The molecule has 1 atom stereocenters. The Morgan fingerprint density at radius 2 is 2.05 bits per heavy atom. The summed E-state index contributed by atoms with van der Waals surface area (Å²) in [6.45, 7) is 5.38. The van der Waals surface area contributed by atoms with Crippen molar-refractivity contribution in [3.63, 3.8) is 0 Å². The first-order valence-electron chi connectivity index (χ1n) is 12.4. The van der Waals surface area contributed by atoms with Gasteiger partial charge in [0.25, 0.3) is 0 Å². The lowest BCUT2D eigenvalue weighted by Gasteiger charge is -2.28. The normalized spacial score (nSPS) is 23.3. The first-order valence-corrected chi connectivity index (χ1v) is 12.4. The Hall–Kier alpha value is -4.24. The van der Waals surface area contributed by atoms with Crippen LogP contribution in [-0.2, 0) is 9.59 Å². The van der Waals surface area contributed by atoms with Gasteiger partial charge in [0.05, 0.1) is 5.57 Å². The first kappa shape index (κ1) is 24.5. The number of likely N-dealkylation sites (tertiary alicyclic amines) is 1. The van der Waals surface area contributed by atoms with E-state index in [4.69, 9.17) is 4.74 Å². The van der Waals surface area contributed by atoms with E-state index >= 15 is 0 Å². The zero-order valence-corrected chi connectivity index (χ0v) is 20.7. The number of allylic oxidation sites excluding steroid dienone is 5. The van der Waals surface area contributed by atoms with Crippen molar-refractivity contribution in [2.24, 2.45) is 15.9 Å². The monoisotopic (exact) mass is 498 g/mol. The van der Waals surface area contributed by atoms with Crippen LogP contribution in [0.15, 0.2) is 93.7 Å². The highest BCUT2D eigenvalue weighted by Gasteiger charge is 2.30. The number of piperidine rings is 1. The second-order valence-corrected chi connectivity index (χ2v) is 9.37. The lowest BCUT2D eigenvalue weighted by atomic mass is 9.96. The fourth-order valence-electron chi connectivity index (χ4n) is 4.59. The molecule has 3 aliphatic heterocycles. The zero-order chi connectivity index (χ0) is 25.8. The van der Waals surface area contributed by atoms with Gasteiger partial charge in [-0.15, -0.1) is 0 Å². The van der Waals surface area contributed by atoms with E-state index in [1.807, 2.05) is 24.3 Å². The van der Waals surface area contributed by atoms with Gasteiger partial charge in [0.15, 0.2) is 6.17 Å². The van der Waals surface area contributed by atoms with Gasteiger partial charge in [0.1, 0.15) is 12.1 Å². The summed E-state index contributed by atoms with van der Waals surface area (Å²) in [4.78, 5) is 35.3. The number of amides is 2. The number of hydrogen-bond donors (Lipinski definition) is 3. The van der Waals surface area contributed by atoms with Gasteiger partial charge in [-0.05, 0) is 75.3 Å². The summed E-state index contributed by atoms with van der Waals surface area (Å²) in [7, 11) is 2.09. The molecule has 4 aliphatic rings. The molecule has 3 N–H and O–H groups in total. The predicted octanol–water partition coefficient (Wildman–Crippen LogP) is 3.04. The van der Waals surface area contributed by atoms with Crippen LogP contribution < -0.4 is 20.7 Å². The van der Waals surface area contributed by atoms with E-state index in [1.165, 1.54) is 12.4 Å². The van der Waals surface area contributed by atoms with Crippen molar-refractivity contribution in [3.8, 4) is 5.75 Å². The van der Waals surface area contributed by atoms with Crippen molar-refractivity contribution in [2.75, 3.05) is 25.5 Å².